The molecule has 0 bridgehead atoms. The molecule has 0 saturated heterocycles. The number of carbonyl (C=O) groups excluding carboxylic acids is 1. The Labute approximate surface area is 189 Å². The monoisotopic (exact) mass is 452 g/mol. The van der Waals surface area contributed by atoms with Gasteiger partial charge in [0, 0.05) is 16.8 Å². The Morgan fingerprint density at radius 2 is 2.06 bits per heavy atom. The molecule has 6 nitrogen and oxygen atoms in total. The maximum Gasteiger partial charge on any atom is 0.262 e. The summed E-state index contributed by atoms with van der Waals surface area (Å²) < 4.78 is 1.76. The van der Waals surface area contributed by atoms with Crippen LogP contribution in [-0.2, 0) is 4.79 Å². The van der Waals surface area contributed by atoms with Gasteiger partial charge in [0.2, 0.25) is 5.91 Å². The highest BCUT2D eigenvalue weighted by Crippen LogP contribution is 2.33. The third-order valence-electron chi connectivity index (χ3n) is 5.43. The van der Waals surface area contributed by atoms with Crippen LogP contribution in [0.15, 0.2) is 52.4 Å². The lowest BCUT2D eigenvalue weighted by atomic mass is 10.2. The molecule has 3 aromatic rings. The topological polar surface area (TPSA) is 87.8 Å². The number of nitrogens with zero attached hydrogens (tertiary/aromatic N) is 3. The summed E-state index contributed by atoms with van der Waals surface area (Å²) in [6, 6.07) is 14.0. The standard InChI is InChI=1S/C23H21ClN4O2S/c1-14(21(29)26-17-6-4-5-15(11-17)13-25)31-23-27-20-12-16(24)9-10-19(20)22(30)28(23)18-7-2-3-8-18/h4-6,9-12,14,18H,2-3,7-8H2,1H3,(H,26,29). The summed E-state index contributed by atoms with van der Waals surface area (Å²) >= 11 is 7.38. The molecule has 0 spiro atoms. The molecule has 31 heavy (non-hydrogen) atoms. The second-order valence-electron chi connectivity index (χ2n) is 7.61. The molecule has 1 unspecified atom stereocenters. The molecule has 1 atom stereocenters. The first-order valence-corrected chi connectivity index (χ1v) is 11.4. The van der Waals surface area contributed by atoms with Gasteiger partial charge in [-0.2, -0.15) is 5.26 Å². The van der Waals surface area contributed by atoms with Gasteiger partial charge < -0.3 is 5.32 Å². The number of nitrogens with one attached hydrogen (secondary N) is 1. The first-order chi connectivity index (χ1) is 15.0. The molecule has 1 amide bonds. The Balaban J connectivity index is 1.65. The molecule has 1 aliphatic rings. The Morgan fingerprint density at radius 1 is 1.29 bits per heavy atom. The fourth-order valence-corrected chi connectivity index (χ4v) is 4.99. The predicted molar refractivity (Wildman–Crippen MR) is 124 cm³/mol. The molecule has 0 aliphatic heterocycles. The van der Waals surface area contributed by atoms with Gasteiger partial charge in [0.1, 0.15) is 0 Å². The van der Waals surface area contributed by atoms with Crippen LogP contribution in [-0.4, -0.2) is 20.7 Å². The Bertz CT molecular complexity index is 1240. The van der Waals surface area contributed by atoms with E-state index in [2.05, 4.69) is 11.4 Å². The number of benzene rings is 2. The molecule has 1 aliphatic carbocycles. The van der Waals surface area contributed by atoms with Gasteiger partial charge in [-0.3, -0.25) is 14.2 Å². The predicted octanol–water partition coefficient (Wildman–Crippen LogP) is 5.16. The minimum absolute atomic E-state index is 0.0881. The van der Waals surface area contributed by atoms with Crippen LogP contribution in [0.5, 0.6) is 0 Å². The first-order valence-electron chi connectivity index (χ1n) is 10.2. The second-order valence-corrected chi connectivity index (χ2v) is 9.36. The fraction of sp³-hybridized carbons (Fsp3) is 0.304. The minimum atomic E-state index is -0.498. The lowest BCUT2D eigenvalue weighted by Crippen LogP contribution is -2.29. The van der Waals surface area contributed by atoms with Gasteiger partial charge in [0.25, 0.3) is 5.56 Å². The third kappa shape index (κ3) is 4.60. The van der Waals surface area contributed by atoms with E-state index in [1.165, 1.54) is 11.8 Å². The lowest BCUT2D eigenvalue weighted by molar-refractivity contribution is -0.115. The van der Waals surface area contributed by atoms with E-state index in [9.17, 15) is 9.59 Å². The molecule has 1 aromatic heterocycles. The summed E-state index contributed by atoms with van der Waals surface area (Å²) in [7, 11) is 0. The van der Waals surface area contributed by atoms with E-state index in [0.29, 0.717) is 32.3 Å². The smallest absolute Gasteiger partial charge is 0.262 e. The molecule has 1 heterocycles. The number of nitriles is 1. The summed E-state index contributed by atoms with van der Waals surface area (Å²) in [4.78, 5) is 30.8. The van der Waals surface area contributed by atoms with Crippen LogP contribution in [0.3, 0.4) is 0 Å². The first kappa shape index (κ1) is 21.4. The van der Waals surface area contributed by atoms with Crippen LogP contribution < -0.4 is 10.9 Å². The zero-order valence-electron chi connectivity index (χ0n) is 17.0. The number of amides is 1. The largest absolute Gasteiger partial charge is 0.325 e. The Morgan fingerprint density at radius 3 is 2.81 bits per heavy atom. The summed E-state index contributed by atoms with van der Waals surface area (Å²) in [5, 5.41) is 13.0. The van der Waals surface area contributed by atoms with Crippen LogP contribution in [0.4, 0.5) is 5.69 Å². The molecule has 0 radical (unpaired) electrons. The van der Waals surface area contributed by atoms with Crippen LogP contribution >= 0.6 is 23.4 Å². The number of hydrogen-bond acceptors (Lipinski definition) is 5. The van der Waals surface area contributed by atoms with E-state index in [-0.39, 0.29) is 17.5 Å². The number of hydrogen-bond donors (Lipinski definition) is 1. The molecule has 1 N–H and O–H groups in total. The highest BCUT2D eigenvalue weighted by molar-refractivity contribution is 8.00. The summed E-state index contributed by atoms with van der Waals surface area (Å²) in [6.07, 6.45) is 4.00. The molecule has 158 valence electrons. The summed E-state index contributed by atoms with van der Waals surface area (Å²) in [5.41, 5.74) is 1.47. The van der Waals surface area contributed by atoms with E-state index in [0.717, 1.165) is 25.7 Å². The fourth-order valence-electron chi connectivity index (χ4n) is 3.84. The van der Waals surface area contributed by atoms with Crippen molar-refractivity contribution in [1.29, 1.82) is 5.26 Å². The number of thioether (sulfide) groups is 1. The van der Waals surface area contributed by atoms with Crippen LogP contribution in [0.25, 0.3) is 10.9 Å². The second kappa shape index (κ2) is 9.13. The Hall–Kier alpha value is -2.82. The zero-order valence-corrected chi connectivity index (χ0v) is 18.5. The van der Waals surface area contributed by atoms with Crippen molar-refractivity contribution in [3.05, 3.63) is 63.4 Å². The average Bonchev–Trinajstić information content (AvgIpc) is 3.28. The number of halogens is 1. The van der Waals surface area contributed by atoms with E-state index in [1.54, 1.807) is 54.0 Å². The van der Waals surface area contributed by atoms with Crippen LogP contribution in [0.1, 0.15) is 44.2 Å². The van der Waals surface area contributed by atoms with Crippen molar-refractivity contribution >= 4 is 45.9 Å². The maximum absolute atomic E-state index is 13.3. The van der Waals surface area contributed by atoms with Crippen molar-refractivity contribution in [3.8, 4) is 6.07 Å². The molecule has 8 heteroatoms. The van der Waals surface area contributed by atoms with Gasteiger partial charge in [-0.1, -0.05) is 42.3 Å². The van der Waals surface area contributed by atoms with Crippen molar-refractivity contribution < 1.29 is 4.79 Å². The van der Waals surface area contributed by atoms with E-state index >= 15 is 0 Å². The van der Waals surface area contributed by atoms with Crippen molar-refractivity contribution in [3.63, 3.8) is 0 Å². The highest BCUT2D eigenvalue weighted by Gasteiger charge is 2.25. The van der Waals surface area contributed by atoms with Gasteiger partial charge >= 0.3 is 0 Å². The highest BCUT2D eigenvalue weighted by atomic mass is 35.5. The van der Waals surface area contributed by atoms with Gasteiger partial charge in [-0.15, -0.1) is 0 Å². The van der Waals surface area contributed by atoms with Crippen molar-refractivity contribution in [2.75, 3.05) is 5.32 Å². The van der Waals surface area contributed by atoms with Crippen LogP contribution in [0, 0.1) is 11.3 Å². The van der Waals surface area contributed by atoms with E-state index in [4.69, 9.17) is 21.8 Å². The van der Waals surface area contributed by atoms with Crippen molar-refractivity contribution in [2.24, 2.45) is 0 Å². The molecule has 2 aromatic carbocycles. The van der Waals surface area contributed by atoms with Crippen molar-refractivity contribution in [2.45, 2.75) is 49.1 Å². The van der Waals surface area contributed by atoms with E-state index < -0.39 is 5.25 Å². The number of aromatic nitrogens is 2. The minimum Gasteiger partial charge on any atom is -0.325 e. The quantitative estimate of drug-likeness (QED) is 0.427. The molecule has 4 rings (SSSR count). The number of carbonyl (C=O) groups is 1. The summed E-state index contributed by atoms with van der Waals surface area (Å²) in [5.74, 6) is -0.224. The number of rotatable bonds is 5. The molecular weight excluding hydrogens is 432 g/mol. The number of anilines is 1. The van der Waals surface area contributed by atoms with Gasteiger partial charge in [0.15, 0.2) is 5.16 Å². The zero-order chi connectivity index (χ0) is 22.0. The molecule has 1 saturated carbocycles. The molecule has 1 fully saturated rings. The van der Waals surface area contributed by atoms with Gasteiger partial charge in [0.05, 0.1) is 27.8 Å². The Kier molecular flexibility index (Phi) is 6.30. The summed E-state index contributed by atoms with van der Waals surface area (Å²) in [6.45, 7) is 1.78. The van der Waals surface area contributed by atoms with Gasteiger partial charge in [-0.05, 0) is 56.2 Å². The average molecular weight is 453 g/mol. The normalized spacial score (nSPS) is 15.0. The van der Waals surface area contributed by atoms with Gasteiger partial charge in [-0.25, -0.2) is 4.98 Å². The van der Waals surface area contributed by atoms with Crippen molar-refractivity contribution in [1.82, 2.24) is 9.55 Å². The van der Waals surface area contributed by atoms with Crippen LogP contribution in [0.2, 0.25) is 5.02 Å². The molecular formula is C23H21ClN4O2S. The third-order valence-corrected chi connectivity index (χ3v) is 6.73. The van der Waals surface area contributed by atoms with E-state index in [1.807, 2.05) is 0 Å². The number of fused-ring (bicyclic) bond motifs is 1. The maximum atomic E-state index is 13.3. The SMILES string of the molecule is CC(Sc1nc2cc(Cl)ccc2c(=O)n1C1CCCC1)C(=O)Nc1cccc(C#N)c1. The lowest BCUT2D eigenvalue weighted by Gasteiger charge is -2.20.